The Bertz CT molecular complexity index is 551. The minimum absolute atomic E-state index is 0.0290. The summed E-state index contributed by atoms with van der Waals surface area (Å²) in [6.07, 6.45) is 0. The first-order chi connectivity index (χ1) is 8.69. The summed E-state index contributed by atoms with van der Waals surface area (Å²) in [6.45, 7) is 1.96. The average Bonchev–Trinajstić information content (AvgIpc) is 2.79. The third-order valence-electron chi connectivity index (χ3n) is 2.63. The lowest BCUT2D eigenvalue weighted by Crippen LogP contribution is -1.91. The van der Waals surface area contributed by atoms with Crippen LogP contribution in [-0.2, 0) is 6.61 Å². The van der Waals surface area contributed by atoms with E-state index >= 15 is 0 Å². The highest BCUT2D eigenvalue weighted by atomic mass is 32.1. The molecule has 2 aromatic rings. The van der Waals surface area contributed by atoms with Crippen molar-refractivity contribution in [2.24, 2.45) is 0 Å². The topological polar surface area (TPSA) is 51.6 Å². The Morgan fingerprint density at radius 1 is 1.22 bits per heavy atom. The van der Waals surface area contributed by atoms with E-state index in [1.54, 1.807) is 14.2 Å². The molecule has 18 heavy (non-hydrogen) atoms. The molecule has 0 saturated carbocycles. The first-order valence-electron chi connectivity index (χ1n) is 5.49. The predicted octanol–water partition coefficient (Wildman–Crippen LogP) is 2.63. The number of rotatable bonds is 4. The molecule has 0 aliphatic rings. The van der Waals surface area contributed by atoms with E-state index in [1.165, 1.54) is 11.3 Å². The largest absolute Gasteiger partial charge is 0.493 e. The summed E-state index contributed by atoms with van der Waals surface area (Å²) in [5.74, 6) is 1.37. The highest BCUT2D eigenvalue weighted by Gasteiger charge is 2.12. The van der Waals surface area contributed by atoms with Crippen LogP contribution in [0.4, 0.5) is 0 Å². The maximum Gasteiger partial charge on any atom is 0.161 e. The van der Waals surface area contributed by atoms with Crippen LogP contribution in [0.5, 0.6) is 11.5 Å². The zero-order chi connectivity index (χ0) is 13.1. The third-order valence-corrected chi connectivity index (χ3v) is 3.59. The summed E-state index contributed by atoms with van der Waals surface area (Å²) in [5.41, 5.74) is 1.84. The molecule has 0 radical (unpaired) electrons. The van der Waals surface area contributed by atoms with Crippen molar-refractivity contribution >= 4 is 11.3 Å². The number of aromatic nitrogens is 1. The van der Waals surface area contributed by atoms with Gasteiger partial charge in [-0.25, -0.2) is 4.98 Å². The maximum absolute atomic E-state index is 9.11. The average molecular weight is 265 g/mol. The van der Waals surface area contributed by atoms with Crippen LogP contribution in [0.3, 0.4) is 0 Å². The zero-order valence-electron chi connectivity index (χ0n) is 10.6. The van der Waals surface area contributed by atoms with E-state index < -0.39 is 0 Å². The van der Waals surface area contributed by atoms with Gasteiger partial charge in [0.2, 0.25) is 0 Å². The van der Waals surface area contributed by atoms with Crippen LogP contribution in [0.25, 0.3) is 11.3 Å². The number of hydrogen-bond donors (Lipinski definition) is 1. The van der Waals surface area contributed by atoms with E-state index in [-0.39, 0.29) is 6.61 Å². The van der Waals surface area contributed by atoms with E-state index in [2.05, 4.69) is 4.98 Å². The maximum atomic E-state index is 9.11. The van der Waals surface area contributed by atoms with Crippen LogP contribution < -0.4 is 9.47 Å². The van der Waals surface area contributed by atoms with Gasteiger partial charge in [0.05, 0.1) is 26.5 Å². The molecule has 0 amide bonds. The Hall–Kier alpha value is -1.59. The van der Waals surface area contributed by atoms with Gasteiger partial charge in [0.15, 0.2) is 11.5 Å². The number of nitrogens with zero attached hydrogens (tertiary/aromatic N) is 1. The lowest BCUT2D eigenvalue weighted by molar-refractivity contribution is 0.281. The molecule has 0 bridgehead atoms. The number of aliphatic hydroxyl groups excluding tert-OH is 1. The Kier molecular flexibility index (Phi) is 3.84. The number of methoxy groups -OCH3 is 2. The number of aliphatic hydroxyl groups is 1. The molecule has 96 valence electrons. The fourth-order valence-electron chi connectivity index (χ4n) is 1.77. The fourth-order valence-corrected chi connectivity index (χ4v) is 2.59. The van der Waals surface area contributed by atoms with Crippen LogP contribution in [0.1, 0.15) is 9.88 Å². The van der Waals surface area contributed by atoms with Crippen LogP contribution in [0, 0.1) is 6.92 Å². The van der Waals surface area contributed by atoms with Crippen molar-refractivity contribution in [1.29, 1.82) is 0 Å². The predicted molar refractivity (Wildman–Crippen MR) is 71.3 cm³/mol. The van der Waals surface area contributed by atoms with Crippen molar-refractivity contribution < 1.29 is 14.6 Å². The highest BCUT2D eigenvalue weighted by molar-refractivity contribution is 7.12. The summed E-state index contributed by atoms with van der Waals surface area (Å²) in [7, 11) is 3.21. The van der Waals surface area contributed by atoms with Gasteiger partial charge < -0.3 is 14.6 Å². The Morgan fingerprint density at radius 3 is 2.50 bits per heavy atom. The highest BCUT2D eigenvalue weighted by Crippen LogP contribution is 2.34. The normalized spacial score (nSPS) is 10.4. The molecule has 0 atom stereocenters. The minimum Gasteiger partial charge on any atom is -0.493 e. The molecule has 1 N–H and O–H groups in total. The van der Waals surface area contributed by atoms with Crippen molar-refractivity contribution in [2.75, 3.05) is 14.2 Å². The second-order valence-electron chi connectivity index (χ2n) is 3.74. The fraction of sp³-hybridized carbons (Fsp3) is 0.308. The molecule has 0 unspecified atom stereocenters. The van der Waals surface area contributed by atoms with Gasteiger partial charge in [-0.2, -0.15) is 0 Å². The molecule has 0 fully saturated rings. The summed E-state index contributed by atoms with van der Waals surface area (Å²) < 4.78 is 10.5. The van der Waals surface area contributed by atoms with Gasteiger partial charge in [-0.1, -0.05) is 0 Å². The lowest BCUT2D eigenvalue weighted by Gasteiger charge is -2.08. The van der Waals surface area contributed by atoms with Crippen LogP contribution in [0.15, 0.2) is 18.2 Å². The zero-order valence-corrected chi connectivity index (χ0v) is 11.4. The van der Waals surface area contributed by atoms with E-state index in [0.29, 0.717) is 11.5 Å². The Labute approximate surface area is 110 Å². The van der Waals surface area contributed by atoms with Crippen molar-refractivity contribution in [2.45, 2.75) is 13.5 Å². The molecule has 0 aliphatic carbocycles. The first-order valence-corrected chi connectivity index (χ1v) is 6.30. The Balaban J connectivity index is 2.47. The van der Waals surface area contributed by atoms with Crippen LogP contribution >= 0.6 is 11.3 Å². The Morgan fingerprint density at radius 2 is 1.94 bits per heavy atom. The quantitative estimate of drug-likeness (QED) is 0.923. The van der Waals surface area contributed by atoms with Crippen molar-refractivity contribution in [1.82, 2.24) is 4.98 Å². The second-order valence-corrected chi connectivity index (χ2v) is 5.03. The molecule has 4 nitrogen and oxygen atoms in total. The monoisotopic (exact) mass is 265 g/mol. The van der Waals surface area contributed by atoms with Gasteiger partial charge in [0.25, 0.3) is 0 Å². The van der Waals surface area contributed by atoms with Gasteiger partial charge >= 0.3 is 0 Å². The van der Waals surface area contributed by atoms with Crippen LogP contribution in [0.2, 0.25) is 0 Å². The lowest BCUT2D eigenvalue weighted by atomic mass is 10.1. The summed E-state index contributed by atoms with van der Waals surface area (Å²) in [4.78, 5) is 5.48. The summed E-state index contributed by atoms with van der Waals surface area (Å²) in [5, 5.41) is 9.83. The molecule has 0 spiro atoms. The molecule has 5 heteroatoms. The number of benzene rings is 1. The molecule has 1 heterocycles. The van der Waals surface area contributed by atoms with Crippen molar-refractivity contribution in [3.05, 3.63) is 28.1 Å². The smallest absolute Gasteiger partial charge is 0.161 e. The molecule has 0 saturated heterocycles. The molecule has 0 aliphatic heterocycles. The summed E-state index contributed by atoms with van der Waals surface area (Å²) >= 11 is 1.50. The summed E-state index contributed by atoms with van der Waals surface area (Å²) in [6, 6.07) is 5.68. The number of ether oxygens (including phenoxy) is 2. The number of thiazole rings is 1. The van der Waals surface area contributed by atoms with E-state index in [1.807, 2.05) is 25.1 Å². The molecular formula is C13H15NO3S. The van der Waals surface area contributed by atoms with Crippen LogP contribution in [-0.4, -0.2) is 24.3 Å². The second kappa shape index (κ2) is 5.37. The molecule has 2 rings (SSSR count). The van der Waals surface area contributed by atoms with Gasteiger partial charge in [-0.3, -0.25) is 0 Å². The van der Waals surface area contributed by atoms with Gasteiger partial charge in [0.1, 0.15) is 5.01 Å². The first kappa shape index (κ1) is 12.9. The molecule has 1 aromatic heterocycles. The standard InChI is InChI=1S/C13H15NO3S/c1-8-13(14-12(7-15)18-8)9-4-5-10(16-2)11(6-9)17-3/h4-6,15H,7H2,1-3H3. The van der Waals surface area contributed by atoms with E-state index in [9.17, 15) is 0 Å². The van der Waals surface area contributed by atoms with Gasteiger partial charge in [-0.15, -0.1) is 11.3 Å². The number of hydrogen-bond acceptors (Lipinski definition) is 5. The molecular weight excluding hydrogens is 250 g/mol. The minimum atomic E-state index is -0.0290. The van der Waals surface area contributed by atoms with Gasteiger partial charge in [0, 0.05) is 10.4 Å². The number of aryl methyl sites for hydroxylation is 1. The third kappa shape index (κ3) is 2.32. The van der Waals surface area contributed by atoms with E-state index in [4.69, 9.17) is 14.6 Å². The van der Waals surface area contributed by atoms with Gasteiger partial charge in [-0.05, 0) is 25.1 Å². The SMILES string of the molecule is COc1ccc(-c2nc(CO)sc2C)cc1OC. The van der Waals surface area contributed by atoms with Crippen molar-refractivity contribution in [3.63, 3.8) is 0 Å². The molecule has 1 aromatic carbocycles. The van der Waals surface area contributed by atoms with Crippen molar-refractivity contribution in [3.8, 4) is 22.8 Å². The van der Waals surface area contributed by atoms with E-state index in [0.717, 1.165) is 21.1 Å².